The number of carbonyl (C=O) groups excluding carboxylic acids is 1. The number of benzene rings is 1. The van der Waals surface area contributed by atoms with Crippen LogP contribution in [0, 0.1) is 0 Å². The van der Waals surface area contributed by atoms with Crippen molar-refractivity contribution in [1.82, 2.24) is 9.88 Å². The summed E-state index contributed by atoms with van der Waals surface area (Å²) in [6.07, 6.45) is 1.54. The maximum atomic E-state index is 12.2. The van der Waals surface area contributed by atoms with Gasteiger partial charge in [-0.2, -0.15) is 0 Å². The lowest BCUT2D eigenvalue weighted by atomic mass is 10.2. The molecule has 2 aromatic rings. The van der Waals surface area contributed by atoms with Gasteiger partial charge in [-0.15, -0.1) is 0 Å². The Labute approximate surface area is 135 Å². The molecule has 0 aliphatic carbocycles. The number of amides is 1. The Morgan fingerprint density at radius 3 is 2.60 bits per heavy atom. The van der Waals surface area contributed by atoms with Gasteiger partial charge in [-0.3, -0.25) is 4.79 Å². The standard InChI is InChI=1S/C14H11BrCl2N2O/c1-19(8-9-2-4-11(16)12(17)6-9)14(20)10-3-5-13(15)18-7-10/h2-7H,8H2,1H3. The Morgan fingerprint density at radius 2 is 2.00 bits per heavy atom. The van der Waals surface area contributed by atoms with Crippen molar-refractivity contribution in [2.45, 2.75) is 6.54 Å². The molecule has 0 saturated heterocycles. The Balaban J connectivity index is 2.11. The summed E-state index contributed by atoms with van der Waals surface area (Å²) in [4.78, 5) is 17.9. The van der Waals surface area contributed by atoms with Crippen LogP contribution in [0.15, 0.2) is 41.1 Å². The summed E-state index contributed by atoms with van der Waals surface area (Å²) < 4.78 is 0.696. The van der Waals surface area contributed by atoms with Crippen LogP contribution < -0.4 is 0 Å². The molecule has 0 N–H and O–H groups in total. The van der Waals surface area contributed by atoms with Crippen molar-refractivity contribution in [2.75, 3.05) is 7.05 Å². The second kappa shape index (κ2) is 6.57. The highest BCUT2D eigenvalue weighted by molar-refractivity contribution is 9.10. The third kappa shape index (κ3) is 3.72. The quantitative estimate of drug-likeness (QED) is 0.746. The van der Waals surface area contributed by atoms with Gasteiger partial charge in [0.2, 0.25) is 0 Å². The number of aromatic nitrogens is 1. The molecule has 0 aliphatic heterocycles. The fourth-order valence-corrected chi connectivity index (χ4v) is 2.26. The summed E-state index contributed by atoms with van der Waals surface area (Å²) in [5, 5.41) is 0.983. The van der Waals surface area contributed by atoms with Gasteiger partial charge in [-0.25, -0.2) is 4.98 Å². The third-order valence-electron chi connectivity index (χ3n) is 2.72. The predicted molar refractivity (Wildman–Crippen MR) is 84.2 cm³/mol. The fourth-order valence-electron chi connectivity index (χ4n) is 1.71. The first kappa shape index (κ1) is 15.3. The van der Waals surface area contributed by atoms with Crippen LogP contribution in [0.4, 0.5) is 0 Å². The van der Waals surface area contributed by atoms with Crippen molar-refractivity contribution in [3.05, 3.63) is 62.3 Å². The largest absolute Gasteiger partial charge is 0.337 e. The number of hydrogen-bond acceptors (Lipinski definition) is 2. The third-order valence-corrected chi connectivity index (χ3v) is 3.93. The van der Waals surface area contributed by atoms with E-state index in [1.165, 1.54) is 6.20 Å². The molecule has 0 spiro atoms. The van der Waals surface area contributed by atoms with Crippen LogP contribution >= 0.6 is 39.1 Å². The molecule has 20 heavy (non-hydrogen) atoms. The highest BCUT2D eigenvalue weighted by atomic mass is 79.9. The second-order valence-electron chi connectivity index (χ2n) is 4.28. The molecule has 0 bridgehead atoms. The van der Waals surface area contributed by atoms with E-state index < -0.39 is 0 Å². The maximum absolute atomic E-state index is 12.2. The van der Waals surface area contributed by atoms with Crippen molar-refractivity contribution >= 4 is 45.0 Å². The van der Waals surface area contributed by atoms with Crippen LogP contribution in [0.1, 0.15) is 15.9 Å². The Kier molecular flexibility index (Phi) is 5.02. The summed E-state index contributed by atoms with van der Waals surface area (Å²) in [5.74, 6) is -0.101. The zero-order chi connectivity index (χ0) is 14.7. The molecule has 0 aliphatic rings. The minimum Gasteiger partial charge on any atom is -0.337 e. The molecule has 6 heteroatoms. The van der Waals surface area contributed by atoms with Gasteiger partial charge in [0.05, 0.1) is 15.6 Å². The highest BCUT2D eigenvalue weighted by Crippen LogP contribution is 2.23. The van der Waals surface area contributed by atoms with Crippen molar-refractivity contribution in [2.24, 2.45) is 0 Å². The summed E-state index contributed by atoms with van der Waals surface area (Å²) in [6.45, 7) is 0.450. The minimum atomic E-state index is -0.101. The molecule has 3 nitrogen and oxygen atoms in total. The average molecular weight is 374 g/mol. The van der Waals surface area contributed by atoms with E-state index in [1.54, 1.807) is 36.2 Å². The zero-order valence-electron chi connectivity index (χ0n) is 10.6. The van der Waals surface area contributed by atoms with Crippen molar-refractivity contribution in [3.63, 3.8) is 0 Å². The lowest BCUT2D eigenvalue weighted by Gasteiger charge is -2.17. The van der Waals surface area contributed by atoms with Gasteiger partial charge in [0.15, 0.2) is 0 Å². The van der Waals surface area contributed by atoms with Crippen molar-refractivity contribution in [1.29, 1.82) is 0 Å². The van der Waals surface area contributed by atoms with Crippen LogP contribution in [0.3, 0.4) is 0 Å². The molecule has 1 amide bonds. The molecule has 0 atom stereocenters. The molecule has 1 aromatic heterocycles. The number of hydrogen-bond donors (Lipinski definition) is 0. The lowest BCUT2D eigenvalue weighted by molar-refractivity contribution is 0.0784. The van der Waals surface area contributed by atoms with Gasteiger partial charge < -0.3 is 4.90 Å². The molecular weight excluding hydrogens is 363 g/mol. The first-order valence-corrected chi connectivity index (χ1v) is 7.33. The van der Waals surface area contributed by atoms with Crippen LogP contribution in [0.25, 0.3) is 0 Å². The van der Waals surface area contributed by atoms with Crippen LogP contribution in [0.5, 0.6) is 0 Å². The van der Waals surface area contributed by atoms with Crippen molar-refractivity contribution in [3.8, 4) is 0 Å². The van der Waals surface area contributed by atoms with Crippen LogP contribution in [-0.4, -0.2) is 22.8 Å². The molecule has 2 rings (SSSR count). The zero-order valence-corrected chi connectivity index (χ0v) is 13.7. The van der Waals surface area contributed by atoms with E-state index in [-0.39, 0.29) is 5.91 Å². The van der Waals surface area contributed by atoms with Gasteiger partial charge in [-0.1, -0.05) is 29.3 Å². The smallest absolute Gasteiger partial charge is 0.255 e. The predicted octanol–water partition coefficient (Wildman–Crippen LogP) is 4.42. The van der Waals surface area contributed by atoms with E-state index in [2.05, 4.69) is 20.9 Å². The van der Waals surface area contributed by atoms with E-state index in [0.717, 1.165) is 5.56 Å². The average Bonchev–Trinajstić information content (AvgIpc) is 2.43. The van der Waals surface area contributed by atoms with Gasteiger partial charge >= 0.3 is 0 Å². The van der Waals surface area contributed by atoms with E-state index in [1.807, 2.05) is 6.07 Å². The Hall–Kier alpha value is -1.10. The highest BCUT2D eigenvalue weighted by Gasteiger charge is 2.13. The van der Waals surface area contributed by atoms with E-state index >= 15 is 0 Å². The summed E-state index contributed by atoms with van der Waals surface area (Å²) >= 11 is 15.1. The number of carbonyl (C=O) groups is 1. The van der Waals surface area contributed by atoms with E-state index in [4.69, 9.17) is 23.2 Å². The fraction of sp³-hybridized carbons (Fsp3) is 0.143. The van der Waals surface area contributed by atoms with E-state index in [0.29, 0.717) is 26.8 Å². The number of rotatable bonds is 3. The Morgan fingerprint density at radius 1 is 1.25 bits per heavy atom. The SMILES string of the molecule is CN(Cc1ccc(Cl)c(Cl)c1)C(=O)c1ccc(Br)nc1. The van der Waals surface area contributed by atoms with Gasteiger partial charge in [0.25, 0.3) is 5.91 Å². The van der Waals surface area contributed by atoms with Gasteiger partial charge in [0.1, 0.15) is 4.60 Å². The number of nitrogens with zero attached hydrogens (tertiary/aromatic N) is 2. The van der Waals surface area contributed by atoms with Gasteiger partial charge in [0, 0.05) is 19.8 Å². The first-order chi connectivity index (χ1) is 9.47. The normalized spacial score (nSPS) is 10.4. The molecule has 1 heterocycles. The van der Waals surface area contributed by atoms with Crippen LogP contribution in [-0.2, 0) is 6.54 Å². The Bertz CT molecular complexity index is 632. The molecule has 0 saturated carbocycles. The molecule has 1 aromatic carbocycles. The van der Waals surface area contributed by atoms with E-state index in [9.17, 15) is 4.79 Å². The molecular formula is C14H11BrCl2N2O. The second-order valence-corrected chi connectivity index (χ2v) is 5.91. The number of pyridine rings is 1. The number of halogens is 3. The first-order valence-electron chi connectivity index (χ1n) is 5.78. The molecule has 0 radical (unpaired) electrons. The maximum Gasteiger partial charge on any atom is 0.255 e. The minimum absolute atomic E-state index is 0.101. The molecule has 0 fully saturated rings. The van der Waals surface area contributed by atoms with Gasteiger partial charge in [-0.05, 0) is 45.8 Å². The lowest BCUT2D eigenvalue weighted by Crippen LogP contribution is -2.26. The molecule has 0 unspecified atom stereocenters. The van der Waals surface area contributed by atoms with Crippen LogP contribution in [0.2, 0.25) is 10.0 Å². The van der Waals surface area contributed by atoms with Crippen molar-refractivity contribution < 1.29 is 4.79 Å². The monoisotopic (exact) mass is 372 g/mol. The summed E-state index contributed by atoms with van der Waals surface area (Å²) in [7, 11) is 1.73. The summed E-state index contributed by atoms with van der Waals surface area (Å²) in [6, 6.07) is 8.79. The molecule has 104 valence electrons. The topological polar surface area (TPSA) is 33.2 Å². The summed E-state index contributed by atoms with van der Waals surface area (Å²) in [5.41, 5.74) is 1.45.